The van der Waals surface area contributed by atoms with Gasteiger partial charge in [-0.2, -0.15) is 5.10 Å². The van der Waals surface area contributed by atoms with E-state index in [0.717, 1.165) is 11.8 Å². The van der Waals surface area contributed by atoms with Crippen molar-refractivity contribution in [2.24, 2.45) is 0 Å². The Bertz CT molecular complexity index is 787. The molecular weight excluding hydrogens is 340 g/mol. The number of aryl methyl sites for hydroxylation is 1. The van der Waals surface area contributed by atoms with Gasteiger partial charge in [0.05, 0.1) is 18.1 Å². The van der Waals surface area contributed by atoms with Crippen molar-refractivity contribution in [1.82, 2.24) is 15.1 Å². The van der Waals surface area contributed by atoms with Crippen LogP contribution in [0.5, 0.6) is 11.5 Å². The molecule has 9 nitrogen and oxygen atoms in total. The second-order valence-electron chi connectivity index (χ2n) is 5.28. The predicted octanol–water partition coefficient (Wildman–Crippen LogP) is 2.54. The van der Waals surface area contributed by atoms with Crippen molar-refractivity contribution in [3.63, 3.8) is 0 Å². The molecule has 0 saturated carbocycles. The number of aromatic nitrogens is 2. The summed E-state index contributed by atoms with van der Waals surface area (Å²) in [5.74, 6) is 0.665. The van der Waals surface area contributed by atoms with Crippen LogP contribution < -0.4 is 14.8 Å². The molecule has 0 aliphatic rings. The molecule has 0 spiro atoms. The minimum absolute atomic E-state index is 0.0616. The fraction of sp³-hybridized carbons (Fsp3) is 0.412. The molecule has 1 N–H and O–H groups in total. The summed E-state index contributed by atoms with van der Waals surface area (Å²) in [7, 11) is 0. The van der Waals surface area contributed by atoms with Crippen LogP contribution in [0, 0.1) is 10.1 Å². The summed E-state index contributed by atoms with van der Waals surface area (Å²) in [6, 6.07) is 5.36. The molecule has 0 saturated heterocycles. The molecule has 0 unspecified atom stereocenters. The third kappa shape index (κ3) is 4.29. The molecular formula is C17H22N4O5. The number of nitrogens with one attached hydrogen (secondary N) is 1. The summed E-state index contributed by atoms with van der Waals surface area (Å²) in [6.45, 7) is 7.06. The summed E-state index contributed by atoms with van der Waals surface area (Å²) in [6.07, 6.45) is 1.09. The van der Waals surface area contributed by atoms with Crippen molar-refractivity contribution in [3.05, 3.63) is 45.8 Å². The summed E-state index contributed by atoms with van der Waals surface area (Å²) in [5.41, 5.74) is 0.412. The number of carbonyl (C=O) groups excluding carboxylic acids is 1. The van der Waals surface area contributed by atoms with Gasteiger partial charge in [0.15, 0.2) is 11.5 Å². The Morgan fingerprint density at radius 3 is 2.54 bits per heavy atom. The lowest BCUT2D eigenvalue weighted by Gasteiger charge is -2.13. The Balaban J connectivity index is 2.16. The van der Waals surface area contributed by atoms with Gasteiger partial charge in [0.25, 0.3) is 5.91 Å². The highest BCUT2D eigenvalue weighted by atomic mass is 16.6. The molecule has 2 rings (SSSR count). The van der Waals surface area contributed by atoms with Crippen molar-refractivity contribution in [2.75, 3.05) is 13.2 Å². The molecule has 1 aromatic carbocycles. The molecule has 1 aromatic heterocycles. The summed E-state index contributed by atoms with van der Waals surface area (Å²) < 4.78 is 12.4. The van der Waals surface area contributed by atoms with Gasteiger partial charge < -0.3 is 14.8 Å². The maximum Gasteiger partial charge on any atom is 0.320 e. The van der Waals surface area contributed by atoms with Gasteiger partial charge in [0, 0.05) is 13.1 Å². The third-order valence-corrected chi connectivity index (χ3v) is 3.59. The average molecular weight is 362 g/mol. The van der Waals surface area contributed by atoms with Gasteiger partial charge in [-0.3, -0.25) is 19.6 Å². The summed E-state index contributed by atoms with van der Waals surface area (Å²) in [4.78, 5) is 22.9. The van der Waals surface area contributed by atoms with Crippen LogP contribution in [0.25, 0.3) is 0 Å². The van der Waals surface area contributed by atoms with Crippen LogP contribution in [0.15, 0.2) is 24.4 Å². The maximum absolute atomic E-state index is 12.4. The quantitative estimate of drug-likeness (QED) is 0.542. The number of ether oxygens (including phenoxy) is 2. The molecule has 140 valence electrons. The van der Waals surface area contributed by atoms with Crippen LogP contribution in [0.2, 0.25) is 0 Å². The SMILES string of the molecule is CCOc1ccc(CNC(=O)c2c([N+](=O)[O-])cnn2CC)cc1OCC. The lowest BCUT2D eigenvalue weighted by Crippen LogP contribution is -2.26. The van der Waals surface area contributed by atoms with Gasteiger partial charge in [0.1, 0.15) is 6.20 Å². The number of benzene rings is 1. The first-order valence-corrected chi connectivity index (χ1v) is 8.38. The standard InChI is InChI=1S/C17H22N4O5/c1-4-20-16(13(11-19-20)21(23)24)17(22)18-10-12-7-8-14(25-5-2)15(9-12)26-6-3/h7-9,11H,4-6,10H2,1-3H3,(H,18,22). The minimum atomic E-state index is -0.613. The van der Waals surface area contributed by atoms with Gasteiger partial charge in [-0.05, 0) is 38.5 Å². The lowest BCUT2D eigenvalue weighted by atomic mass is 10.2. The van der Waals surface area contributed by atoms with Gasteiger partial charge in [-0.15, -0.1) is 0 Å². The van der Waals surface area contributed by atoms with E-state index in [1.54, 1.807) is 25.1 Å². The van der Waals surface area contributed by atoms with Gasteiger partial charge in [-0.1, -0.05) is 6.07 Å². The first-order valence-electron chi connectivity index (χ1n) is 8.38. The van der Waals surface area contributed by atoms with E-state index in [0.29, 0.717) is 31.3 Å². The van der Waals surface area contributed by atoms with E-state index in [4.69, 9.17) is 9.47 Å². The van der Waals surface area contributed by atoms with E-state index >= 15 is 0 Å². The zero-order chi connectivity index (χ0) is 19.1. The van der Waals surface area contributed by atoms with Crippen LogP contribution in [0.4, 0.5) is 5.69 Å². The molecule has 1 heterocycles. The van der Waals surface area contributed by atoms with E-state index in [-0.39, 0.29) is 17.9 Å². The first-order chi connectivity index (χ1) is 12.5. The molecule has 1 amide bonds. The number of hydrogen-bond donors (Lipinski definition) is 1. The highest BCUT2D eigenvalue weighted by molar-refractivity contribution is 5.96. The molecule has 0 radical (unpaired) electrons. The zero-order valence-corrected chi connectivity index (χ0v) is 15.0. The Hall–Kier alpha value is -3.10. The van der Waals surface area contributed by atoms with Crippen LogP contribution >= 0.6 is 0 Å². The molecule has 9 heteroatoms. The van der Waals surface area contributed by atoms with Crippen LogP contribution in [-0.4, -0.2) is 33.8 Å². The average Bonchev–Trinajstić information content (AvgIpc) is 3.06. The first kappa shape index (κ1) is 19.2. The van der Waals surface area contributed by atoms with Gasteiger partial charge >= 0.3 is 5.69 Å². The Labute approximate surface area is 151 Å². The zero-order valence-electron chi connectivity index (χ0n) is 15.0. The maximum atomic E-state index is 12.4. The normalized spacial score (nSPS) is 10.4. The van der Waals surface area contributed by atoms with Crippen molar-refractivity contribution in [2.45, 2.75) is 33.9 Å². The number of nitro groups is 1. The van der Waals surface area contributed by atoms with E-state index in [9.17, 15) is 14.9 Å². The van der Waals surface area contributed by atoms with Crippen LogP contribution in [0.1, 0.15) is 36.8 Å². The van der Waals surface area contributed by atoms with E-state index in [1.807, 2.05) is 13.8 Å². The molecule has 26 heavy (non-hydrogen) atoms. The number of amides is 1. The fourth-order valence-corrected chi connectivity index (χ4v) is 2.45. The second-order valence-corrected chi connectivity index (χ2v) is 5.28. The largest absolute Gasteiger partial charge is 0.490 e. The number of carbonyl (C=O) groups is 1. The Kier molecular flexibility index (Phi) is 6.54. The predicted molar refractivity (Wildman–Crippen MR) is 94.5 cm³/mol. The molecule has 0 atom stereocenters. The summed E-state index contributed by atoms with van der Waals surface area (Å²) in [5, 5.41) is 17.7. The van der Waals surface area contributed by atoms with Gasteiger partial charge in [0.2, 0.25) is 5.69 Å². The number of rotatable bonds is 9. The molecule has 0 fully saturated rings. The van der Waals surface area contributed by atoms with Gasteiger partial charge in [-0.25, -0.2) is 0 Å². The van der Waals surface area contributed by atoms with Crippen molar-refractivity contribution in [1.29, 1.82) is 0 Å². The highest BCUT2D eigenvalue weighted by Crippen LogP contribution is 2.28. The summed E-state index contributed by atoms with van der Waals surface area (Å²) >= 11 is 0. The monoisotopic (exact) mass is 362 g/mol. The van der Waals surface area contributed by atoms with Crippen LogP contribution in [0.3, 0.4) is 0 Å². The third-order valence-electron chi connectivity index (χ3n) is 3.59. The molecule has 0 aliphatic carbocycles. The molecule has 0 aliphatic heterocycles. The van der Waals surface area contributed by atoms with Crippen molar-refractivity contribution in [3.8, 4) is 11.5 Å². The highest BCUT2D eigenvalue weighted by Gasteiger charge is 2.26. The van der Waals surface area contributed by atoms with Crippen molar-refractivity contribution < 1.29 is 19.2 Å². The number of nitrogens with zero attached hydrogens (tertiary/aromatic N) is 3. The Morgan fingerprint density at radius 2 is 1.92 bits per heavy atom. The van der Waals surface area contributed by atoms with Crippen LogP contribution in [-0.2, 0) is 13.1 Å². The van der Waals surface area contributed by atoms with E-state index < -0.39 is 10.8 Å². The topological polar surface area (TPSA) is 109 Å². The lowest BCUT2D eigenvalue weighted by molar-refractivity contribution is -0.385. The van der Waals surface area contributed by atoms with E-state index in [2.05, 4.69) is 10.4 Å². The minimum Gasteiger partial charge on any atom is -0.490 e. The molecule has 0 bridgehead atoms. The molecule has 2 aromatic rings. The van der Waals surface area contributed by atoms with Crippen molar-refractivity contribution >= 4 is 11.6 Å². The van der Waals surface area contributed by atoms with E-state index in [1.165, 1.54) is 4.68 Å². The Morgan fingerprint density at radius 1 is 1.23 bits per heavy atom. The fourth-order valence-electron chi connectivity index (χ4n) is 2.45. The number of hydrogen-bond acceptors (Lipinski definition) is 6. The second kappa shape index (κ2) is 8.84. The smallest absolute Gasteiger partial charge is 0.320 e.